The Labute approximate surface area is 115 Å². The smallest absolute Gasteiger partial charge is 0.158 e. The zero-order chi connectivity index (χ0) is 13.4. The average Bonchev–Trinajstić information content (AvgIpc) is 3.15. The largest absolute Gasteiger partial charge is 0.504 e. The molecule has 1 aliphatic rings. The van der Waals surface area contributed by atoms with Crippen LogP contribution in [-0.4, -0.2) is 22.2 Å². The van der Waals surface area contributed by atoms with E-state index < -0.39 is 0 Å². The fourth-order valence-electron chi connectivity index (χ4n) is 2.11. The molecule has 19 heavy (non-hydrogen) atoms. The van der Waals surface area contributed by atoms with Crippen LogP contribution in [0.4, 0.5) is 0 Å². The highest BCUT2D eigenvalue weighted by atomic mass is 32.1. The average molecular weight is 276 g/mol. The number of phenols is 2. The van der Waals surface area contributed by atoms with Crippen LogP contribution in [0.2, 0.25) is 0 Å². The van der Waals surface area contributed by atoms with Crippen molar-refractivity contribution in [2.24, 2.45) is 0 Å². The van der Waals surface area contributed by atoms with E-state index in [1.54, 1.807) is 23.5 Å². The van der Waals surface area contributed by atoms with Crippen LogP contribution >= 0.6 is 11.3 Å². The van der Waals surface area contributed by atoms with E-state index in [1.165, 1.54) is 29.5 Å². The zero-order valence-electron chi connectivity index (χ0n) is 10.7. The highest BCUT2D eigenvalue weighted by Gasteiger charge is 2.29. The summed E-state index contributed by atoms with van der Waals surface area (Å²) >= 11 is 1.65. The predicted molar refractivity (Wildman–Crippen MR) is 75.6 cm³/mol. The molecule has 0 atom stereocenters. The standard InChI is InChI=1S/C14H16N2O2S/c1-15-7-12-13(8-2-3-8)16-14(19-12)9-4-5-10(17)11(18)6-9/h4-6,8,15,17-18H,2-3,7H2,1H3. The molecule has 0 aliphatic heterocycles. The maximum absolute atomic E-state index is 9.58. The summed E-state index contributed by atoms with van der Waals surface area (Å²) in [5, 5.41) is 23.0. The van der Waals surface area contributed by atoms with Crippen LogP contribution in [0, 0.1) is 0 Å². The fraction of sp³-hybridized carbons (Fsp3) is 0.357. The van der Waals surface area contributed by atoms with Crippen molar-refractivity contribution >= 4 is 11.3 Å². The van der Waals surface area contributed by atoms with Gasteiger partial charge in [-0.15, -0.1) is 11.3 Å². The Morgan fingerprint density at radius 3 is 2.74 bits per heavy atom. The number of nitrogens with zero attached hydrogens (tertiary/aromatic N) is 1. The lowest BCUT2D eigenvalue weighted by atomic mass is 10.2. The third kappa shape index (κ3) is 2.43. The van der Waals surface area contributed by atoms with Crippen LogP contribution in [-0.2, 0) is 6.54 Å². The van der Waals surface area contributed by atoms with E-state index in [2.05, 4.69) is 5.32 Å². The third-order valence-corrected chi connectivity index (χ3v) is 4.37. The van der Waals surface area contributed by atoms with Crippen molar-refractivity contribution in [2.75, 3.05) is 7.05 Å². The molecule has 5 heteroatoms. The van der Waals surface area contributed by atoms with Crippen LogP contribution in [0.25, 0.3) is 10.6 Å². The van der Waals surface area contributed by atoms with E-state index in [0.29, 0.717) is 5.92 Å². The second-order valence-corrected chi connectivity index (χ2v) is 5.92. The van der Waals surface area contributed by atoms with Gasteiger partial charge in [0, 0.05) is 22.9 Å². The van der Waals surface area contributed by atoms with Gasteiger partial charge < -0.3 is 15.5 Å². The van der Waals surface area contributed by atoms with Crippen molar-refractivity contribution in [1.82, 2.24) is 10.3 Å². The minimum Gasteiger partial charge on any atom is -0.504 e. The maximum Gasteiger partial charge on any atom is 0.158 e. The summed E-state index contributed by atoms with van der Waals surface area (Å²) < 4.78 is 0. The molecule has 1 aliphatic carbocycles. The molecule has 0 spiro atoms. The summed E-state index contributed by atoms with van der Waals surface area (Å²) in [5.74, 6) is 0.410. The quantitative estimate of drug-likeness (QED) is 0.751. The lowest BCUT2D eigenvalue weighted by Gasteiger charge is -1.99. The lowest BCUT2D eigenvalue weighted by Crippen LogP contribution is -2.05. The number of aromatic hydroxyl groups is 2. The first-order valence-electron chi connectivity index (χ1n) is 6.35. The number of thiazole rings is 1. The number of aromatic nitrogens is 1. The van der Waals surface area contributed by atoms with Crippen LogP contribution in [0.5, 0.6) is 11.5 Å². The summed E-state index contributed by atoms with van der Waals surface area (Å²) in [5.41, 5.74) is 2.05. The Bertz CT molecular complexity index is 605. The van der Waals surface area contributed by atoms with Gasteiger partial charge in [-0.05, 0) is 38.1 Å². The minimum absolute atomic E-state index is 0.0989. The second-order valence-electron chi connectivity index (χ2n) is 4.84. The first-order chi connectivity index (χ1) is 9.19. The Hall–Kier alpha value is -1.59. The van der Waals surface area contributed by atoms with Crippen LogP contribution in [0.15, 0.2) is 18.2 Å². The molecule has 4 nitrogen and oxygen atoms in total. The Morgan fingerprint density at radius 2 is 2.11 bits per heavy atom. The van der Waals surface area contributed by atoms with Gasteiger partial charge in [-0.25, -0.2) is 4.98 Å². The number of hydrogen-bond acceptors (Lipinski definition) is 5. The van der Waals surface area contributed by atoms with Gasteiger partial charge >= 0.3 is 0 Å². The summed E-state index contributed by atoms with van der Waals surface area (Å²) in [6, 6.07) is 4.85. The molecule has 1 aromatic carbocycles. The van der Waals surface area contributed by atoms with Crippen LogP contribution in [0.3, 0.4) is 0 Å². The molecule has 0 saturated heterocycles. The number of rotatable bonds is 4. The molecular weight excluding hydrogens is 260 g/mol. The summed E-state index contributed by atoms with van der Waals surface area (Å²) in [4.78, 5) is 5.99. The predicted octanol–water partition coefficient (Wildman–Crippen LogP) is 2.82. The highest BCUT2D eigenvalue weighted by Crippen LogP contribution is 2.44. The van der Waals surface area contributed by atoms with Crippen molar-refractivity contribution in [3.05, 3.63) is 28.8 Å². The van der Waals surface area contributed by atoms with Crippen molar-refractivity contribution in [3.8, 4) is 22.1 Å². The normalized spacial score (nSPS) is 14.8. The SMILES string of the molecule is CNCc1sc(-c2ccc(O)c(O)c2)nc1C1CC1. The zero-order valence-corrected chi connectivity index (χ0v) is 11.5. The van der Waals surface area contributed by atoms with Crippen molar-refractivity contribution in [3.63, 3.8) is 0 Å². The Morgan fingerprint density at radius 1 is 1.32 bits per heavy atom. The highest BCUT2D eigenvalue weighted by molar-refractivity contribution is 7.15. The Kier molecular flexibility index (Phi) is 3.16. The van der Waals surface area contributed by atoms with Gasteiger partial charge in [-0.3, -0.25) is 0 Å². The van der Waals surface area contributed by atoms with E-state index in [1.807, 2.05) is 7.05 Å². The van der Waals surface area contributed by atoms with E-state index in [0.717, 1.165) is 17.1 Å². The molecule has 3 rings (SSSR count). The first kappa shape index (κ1) is 12.4. The number of benzene rings is 1. The molecule has 0 amide bonds. The molecule has 0 bridgehead atoms. The third-order valence-electron chi connectivity index (χ3n) is 3.25. The van der Waals surface area contributed by atoms with Crippen molar-refractivity contribution in [1.29, 1.82) is 0 Å². The van der Waals surface area contributed by atoms with Gasteiger partial charge in [0.15, 0.2) is 11.5 Å². The molecular formula is C14H16N2O2S. The van der Waals surface area contributed by atoms with E-state index in [4.69, 9.17) is 4.98 Å². The molecule has 100 valence electrons. The first-order valence-corrected chi connectivity index (χ1v) is 7.17. The number of phenolic OH excluding ortho intramolecular Hbond substituents is 2. The molecule has 0 radical (unpaired) electrons. The molecule has 2 aromatic rings. The van der Waals surface area contributed by atoms with Crippen molar-refractivity contribution in [2.45, 2.75) is 25.3 Å². The molecule has 3 N–H and O–H groups in total. The molecule has 1 saturated carbocycles. The van der Waals surface area contributed by atoms with Crippen LogP contribution < -0.4 is 5.32 Å². The van der Waals surface area contributed by atoms with Gasteiger partial charge in [0.05, 0.1) is 5.69 Å². The summed E-state index contributed by atoms with van der Waals surface area (Å²) in [6.07, 6.45) is 2.45. The second kappa shape index (κ2) is 4.83. The van der Waals surface area contributed by atoms with Gasteiger partial charge in [0.1, 0.15) is 5.01 Å². The van der Waals surface area contributed by atoms with Gasteiger partial charge in [-0.1, -0.05) is 0 Å². The maximum atomic E-state index is 9.58. The van der Waals surface area contributed by atoms with Gasteiger partial charge in [0.2, 0.25) is 0 Å². The van der Waals surface area contributed by atoms with E-state index >= 15 is 0 Å². The summed E-state index contributed by atoms with van der Waals surface area (Å²) in [7, 11) is 1.93. The number of nitrogens with one attached hydrogen (secondary N) is 1. The van der Waals surface area contributed by atoms with Crippen molar-refractivity contribution < 1.29 is 10.2 Å². The fourth-order valence-corrected chi connectivity index (χ4v) is 3.26. The number of hydrogen-bond donors (Lipinski definition) is 3. The minimum atomic E-state index is -0.101. The topological polar surface area (TPSA) is 65.4 Å². The van der Waals surface area contributed by atoms with Gasteiger partial charge in [-0.2, -0.15) is 0 Å². The molecule has 0 unspecified atom stereocenters. The van der Waals surface area contributed by atoms with Gasteiger partial charge in [0.25, 0.3) is 0 Å². The van der Waals surface area contributed by atoms with E-state index in [9.17, 15) is 10.2 Å². The summed E-state index contributed by atoms with van der Waals surface area (Å²) in [6.45, 7) is 0.827. The molecule has 1 aromatic heterocycles. The van der Waals surface area contributed by atoms with Crippen LogP contribution in [0.1, 0.15) is 29.3 Å². The Balaban J connectivity index is 1.99. The van der Waals surface area contributed by atoms with E-state index in [-0.39, 0.29) is 11.5 Å². The molecule has 1 fully saturated rings. The lowest BCUT2D eigenvalue weighted by molar-refractivity contribution is 0.404. The molecule has 1 heterocycles. The monoisotopic (exact) mass is 276 g/mol.